The van der Waals surface area contributed by atoms with Crippen LogP contribution in [0.5, 0.6) is 5.75 Å². The van der Waals surface area contributed by atoms with E-state index in [1.54, 1.807) is 12.1 Å². The van der Waals surface area contributed by atoms with E-state index in [4.69, 9.17) is 9.84 Å². The van der Waals surface area contributed by atoms with Crippen molar-refractivity contribution in [3.63, 3.8) is 0 Å². The monoisotopic (exact) mass is 250 g/mol. The van der Waals surface area contributed by atoms with Gasteiger partial charge in [0.15, 0.2) is 6.61 Å². The number of aliphatic carboxylic acids is 1. The molecule has 0 saturated heterocycles. The summed E-state index contributed by atoms with van der Waals surface area (Å²) in [6, 6.07) is 5.27. The Labute approximate surface area is 104 Å². The van der Waals surface area contributed by atoms with Gasteiger partial charge < -0.3 is 20.5 Å². The molecule has 1 aromatic rings. The van der Waals surface area contributed by atoms with Gasteiger partial charge in [0, 0.05) is 6.04 Å². The lowest BCUT2D eigenvalue weighted by atomic mass is 10.1. The highest BCUT2D eigenvalue weighted by molar-refractivity contribution is 5.95. The summed E-state index contributed by atoms with van der Waals surface area (Å²) in [4.78, 5) is 21.7. The maximum Gasteiger partial charge on any atom is 0.317 e. The second-order valence-corrected chi connectivity index (χ2v) is 4.09. The molecule has 6 heteroatoms. The van der Waals surface area contributed by atoms with E-state index in [9.17, 15) is 9.59 Å². The van der Waals surface area contributed by atoms with Gasteiger partial charge in [-0.3, -0.25) is 9.59 Å². The van der Waals surface area contributed by atoms with Gasteiger partial charge in [-0.15, -0.1) is 0 Å². The lowest BCUT2D eigenvalue weighted by Crippen LogP contribution is -2.27. The van der Waals surface area contributed by atoms with E-state index in [1.165, 1.54) is 0 Å². The predicted molar refractivity (Wildman–Crippen MR) is 64.6 cm³/mol. The summed E-state index contributed by atoms with van der Waals surface area (Å²) in [5.41, 5.74) is 1.51. The molecule has 1 heterocycles. The van der Waals surface area contributed by atoms with Gasteiger partial charge in [-0.25, -0.2) is 0 Å². The summed E-state index contributed by atoms with van der Waals surface area (Å²) in [5.74, 6) is -0.467. The van der Waals surface area contributed by atoms with Gasteiger partial charge >= 0.3 is 5.97 Å². The van der Waals surface area contributed by atoms with Crippen LogP contribution in [0.2, 0.25) is 0 Å². The van der Waals surface area contributed by atoms with Crippen molar-refractivity contribution >= 4 is 17.6 Å². The van der Waals surface area contributed by atoms with Crippen molar-refractivity contribution in [1.29, 1.82) is 0 Å². The molecule has 1 aromatic carbocycles. The molecule has 0 radical (unpaired) electrons. The van der Waals surface area contributed by atoms with Crippen LogP contribution < -0.4 is 15.4 Å². The summed E-state index contributed by atoms with van der Waals surface area (Å²) in [6.45, 7) is 1.77. The molecule has 0 fully saturated rings. The molecule has 3 N–H and O–H groups in total. The Kier molecular flexibility index (Phi) is 3.47. The highest BCUT2D eigenvalue weighted by Crippen LogP contribution is 2.30. The Morgan fingerprint density at radius 3 is 3.11 bits per heavy atom. The minimum Gasteiger partial charge on any atom is -0.482 e. The Hall–Kier alpha value is -2.08. The van der Waals surface area contributed by atoms with Crippen molar-refractivity contribution in [1.82, 2.24) is 5.32 Å². The van der Waals surface area contributed by atoms with Crippen LogP contribution in [0.25, 0.3) is 0 Å². The number of nitrogens with one attached hydrogen (secondary N) is 2. The predicted octanol–water partition coefficient (Wildman–Crippen LogP) is 0.753. The van der Waals surface area contributed by atoms with Crippen molar-refractivity contribution in [3.8, 4) is 5.75 Å². The van der Waals surface area contributed by atoms with Crippen molar-refractivity contribution in [2.45, 2.75) is 13.0 Å². The lowest BCUT2D eigenvalue weighted by molar-refractivity contribution is -0.136. The van der Waals surface area contributed by atoms with Crippen LogP contribution in [0.15, 0.2) is 18.2 Å². The number of carboxylic acids is 1. The van der Waals surface area contributed by atoms with Crippen molar-refractivity contribution in [2.75, 3.05) is 18.5 Å². The first-order chi connectivity index (χ1) is 8.56. The molecule has 18 heavy (non-hydrogen) atoms. The number of anilines is 1. The number of benzene rings is 1. The van der Waals surface area contributed by atoms with Crippen LogP contribution in [-0.4, -0.2) is 30.1 Å². The smallest absolute Gasteiger partial charge is 0.317 e. The minimum absolute atomic E-state index is 0.0269. The zero-order chi connectivity index (χ0) is 13.1. The number of carbonyl (C=O) groups is 2. The lowest BCUT2D eigenvalue weighted by Gasteiger charge is -2.20. The summed E-state index contributed by atoms with van der Waals surface area (Å²) in [7, 11) is 0. The van der Waals surface area contributed by atoms with Crippen LogP contribution in [0.3, 0.4) is 0 Å². The van der Waals surface area contributed by atoms with Gasteiger partial charge in [0.25, 0.3) is 5.91 Å². The molecular weight excluding hydrogens is 236 g/mol. The van der Waals surface area contributed by atoms with Gasteiger partial charge in [-0.05, 0) is 24.6 Å². The minimum atomic E-state index is -0.906. The Balaban J connectivity index is 2.12. The topological polar surface area (TPSA) is 87.7 Å². The van der Waals surface area contributed by atoms with Crippen LogP contribution in [-0.2, 0) is 9.59 Å². The van der Waals surface area contributed by atoms with Gasteiger partial charge in [0.1, 0.15) is 5.75 Å². The summed E-state index contributed by atoms with van der Waals surface area (Å²) in [6.07, 6.45) is 0. The first kappa shape index (κ1) is 12.4. The molecule has 2 rings (SSSR count). The molecule has 0 bridgehead atoms. The van der Waals surface area contributed by atoms with Crippen LogP contribution in [0, 0.1) is 0 Å². The van der Waals surface area contributed by atoms with Crippen LogP contribution in [0.4, 0.5) is 5.69 Å². The van der Waals surface area contributed by atoms with Gasteiger partial charge in [0.05, 0.1) is 12.2 Å². The number of carbonyl (C=O) groups excluding carboxylic acids is 1. The van der Waals surface area contributed by atoms with E-state index in [1.807, 2.05) is 13.0 Å². The standard InChI is InChI=1S/C12H14N2O4/c1-7(13-5-12(16)17)8-2-3-10-9(4-8)14-11(15)6-18-10/h2-4,7,13H,5-6H2,1H3,(H,14,15)(H,16,17). The SMILES string of the molecule is CC(NCC(=O)O)c1ccc2c(c1)NC(=O)CO2. The molecule has 0 spiro atoms. The summed E-state index contributed by atoms with van der Waals surface area (Å²) in [5, 5.41) is 14.2. The number of ether oxygens (including phenoxy) is 1. The molecule has 1 aliphatic heterocycles. The molecule has 1 aliphatic rings. The molecule has 1 unspecified atom stereocenters. The first-order valence-corrected chi connectivity index (χ1v) is 5.58. The third-order valence-electron chi connectivity index (χ3n) is 2.70. The van der Waals surface area contributed by atoms with Crippen molar-refractivity contribution in [2.24, 2.45) is 0 Å². The Morgan fingerprint density at radius 1 is 1.61 bits per heavy atom. The molecule has 1 atom stereocenters. The van der Waals surface area contributed by atoms with Crippen molar-refractivity contribution in [3.05, 3.63) is 23.8 Å². The van der Waals surface area contributed by atoms with E-state index in [2.05, 4.69) is 10.6 Å². The Bertz CT molecular complexity index is 487. The summed E-state index contributed by atoms with van der Waals surface area (Å²) >= 11 is 0. The number of carboxylic acid groups (broad SMARTS) is 1. The third kappa shape index (κ3) is 2.78. The van der Waals surface area contributed by atoms with Crippen LogP contribution in [0.1, 0.15) is 18.5 Å². The third-order valence-corrected chi connectivity index (χ3v) is 2.70. The largest absolute Gasteiger partial charge is 0.482 e. The molecule has 0 aliphatic carbocycles. The Morgan fingerprint density at radius 2 is 2.39 bits per heavy atom. The second-order valence-electron chi connectivity index (χ2n) is 4.09. The number of amides is 1. The number of hydrogen-bond acceptors (Lipinski definition) is 4. The fourth-order valence-electron chi connectivity index (χ4n) is 1.73. The average molecular weight is 250 g/mol. The quantitative estimate of drug-likeness (QED) is 0.734. The molecule has 6 nitrogen and oxygen atoms in total. The van der Waals surface area contributed by atoms with Gasteiger partial charge in [-0.2, -0.15) is 0 Å². The maximum absolute atomic E-state index is 11.2. The molecular formula is C12H14N2O4. The summed E-state index contributed by atoms with van der Waals surface area (Å²) < 4.78 is 5.24. The number of fused-ring (bicyclic) bond motifs is 1. The van der Waals surface area contributed by atoms with Gasteiger partial charge in [-0.1, -0.05) is 6.07 Å². The molecule has 0 aromatic heterocycles. The van der Waals surface area contributed by atoms with Crippen molar-refractivity contribution < 1.29 is 19.4 Å². The van der Waals surface area contributed by atoms with E-state index in [0.29, 0.717) is 11.4 Å². The normalized spacial score (nSPS) is 15.3. The van der Waals surface area contributed by atoms with E-state index < -0.39 is 5.97 Å². The zero-order valence-electron chi connectivity index (χ0n) is 9.90. The fraction of sp³-hybridized carbons (Fsp3) is 0.333. The number of rotatable bonds is 4. The molecule has 96 valence electrons. The molecule has 1 amide bonds. The zero-order valence-corrected chi connectivity index (χ0v) is 9.90. The maximum atomic E-state index is 11.2. The van der Waals surface area contributed by atoms with Crippen LogP contribution >= 0.6 is 0 Å². The van der Waals surface area contributed by atoms with E-state index >= 15 is 0 Å². The average Bonchev–Trinajstić information content (AvgIpc) is 2.34. The number of hydrogen-bond donors (Lipinski definition) is 3. The highest BCUT2D eigenvalue weighted by atomic mass is 16.5. The fourth-order valence-corrected chi connectivity index (χ4v) is 1.73. The van der Waals surface area contributed by atoms with E-state index in [-0.39, 0.29) is 25.1 Å². The second kappa shape index (κ2) is 5.05. The highest BCUT2D eigenvalue weighted by Gasteiger charge is 2.17. The van der Waals surface area contributed by atoms with E-state index in [0.717, 1.165) is 5.56 Å². The van der Waals surface area contributed by atoms with Gasteiger partial charge in [0.2, 0.25) is 0 Å². The first-order valence-electron chi connectivity index (χ1n) is 5.58. The molecule has 0 saturated carbocycles.